The molecule has 2 aliphatic heterocycles. The van der Waals surface area contributed by atoms with Gasteiger partial charge in [0.1, 0.15) is 9.84 Å². The molecule has 2 fully saturated rings. The summed E-state index contributed by atoms with van der Waals surface area (Å²) < 4.78 is 25.1. The van der Waals surface area contributed by atoms with Crippen molar-refractivity contribution < 1.29 is 13.2 Å². The van der Waals surface area contributed by atoms with Crippen LogP contribution in [0.5, 0.6) is 0 Å². The van der Waals surface area contributed by atoms with Crippen LogP contribution in [0, 0.1) is 25.2 Å². The van der Waals surface area contributed by atoms with E-state index in [2.05, 4.69) is 11.0 Å². The van der Waals surface area contributed by atoms with Crippen molar-refractivity contribution in [3.63, 3.8) is 0 Å². The molecule has 0 saturated carbocycles. The topological polar surface area (TPSA) is 83.2 Å². The molecule has 1 aromatic carbocycles. The van der Waals surface area contributed by atoms with Crippen molar-refractivity contribution in [1.82, 2.24) is 9.47 Å². The van der Waals surface area contributed by atoms with Crippen molar-refractivity contribution in [1.29, 1.82) is 5.26 Å². The molecular formula is C26H31N3O3S. The van der Waals surface area contributed by atoms with Crippen LogP contribution >= 0.6 is 0 Å². The number of sulfone groups is 1. The monoisotopic (exact) mass is 465 g/mol. The molecule has 0 aliphatic carbocycles. The third-order valence-corrected chi connectivity index (χ3v) is 8.07. The number of hydrogen-bond acceptors (Lipinski definition) is 5. The van der Waals surface area contributed by atoms with Gasteiger partial charge in [-0.2, -0.15) is 5.26 Å². The number of benzene rings is 1. The van der Waals surface area contributed by atoms with Crippen LogP contribution in [0.2, 0.25) is 0 Å². The van der Waals surface area contributed by atoms with Crippen molar-refractivity contribution in [2.45, 2.75) is 58.0 Å². The molecule has 4 rings (SSSR count). The highest BCUT2D eigenvalue weighted by atomic mass is 32.2. The van der Waals surface area contributed by atoms with E-state index in [0.717, 1.165) is 28.2 Å². The van der Waals surface area contributed by atoms with Gasteiger partial charge in [-0.05, 0) is 81.9 Å². The van der Waals surface area contributed by atoms with Crippen LogP contribution in [0.15, 0.2) is 30.3 Å². The number of hydrogen-bond donors (Lipinski definition) is 0. The molecule has 2 bridgehead atoms. The van der Waals surface area contributed by atoms with Crippen molar-refractivity contribution in [3.05, 3.63) is 58.4 Å². The molecule has 0 spiro atoms. The smallest absolute Gasteiger partial charge is 0.178 e. The highest BCUT2D eigenvalue weighted by molar-refractivity contribution is 7.90. The lowest BCUT2D eigenvalue weighted by atomic mass is 10.0. The largest absolute Gasteiger partial charge is 0.313 e. The third kappa shape index (κ3) is 4.83. The molecule has 0 radical (unpaired) electrons. The molecule has 0 amide bonds. The van der Waals surface area contributed by atoms with E-state index in [4.69, 9.17) is 5.26 Å². The molecule has 0 atom stereocenters. The van der Waals surface area contributed by atoms with Crippen LogP contribution in [0.25, 0.3) is 11.8 Å². The fraction of sp³-hybridized carbons (Fsp3) is 0.462. The normalized spacial score (nSPS) is 20.5. The Labute approximate surface area is 196 Å². The van der Waals surface area contributed by atoms with Crippen LogP contribution in [0.3, 0.4) is 0 Å². The Bertz CT molecular complexity index is 1210. The summed E-state index contributed by atoms with van der Waals surface area (Å²) in [5.41, 5.74) is 4.84. The lowest BCUT2D eigenvalue weighted by Crippen LogP contribution is -2.34. The Morgan fingerprint density at radius 1 is 1.12 bits per heavy atom. The van der Waals surface area contributed by atoms with E-state index in [-0.39, 0.29) is 11.5 Å². The predicted molar refractivity (Wildman–Crippen MR) is 130 cm³/mol. The summed E-state index contributed by atoms with van der Waals surface area (Å²) in [6, 6.07) is 10.5. The SMILES string of the molecule is Cc1c(C(=O)CN2C3CCC2CC3)c(C)n(-c2ccc(C#N)cc2)c1/C=C/CCS(C)(=O)=O. The fourth-order valence-electron chi connectivity index (χ4n) is 5.49. The number of ketones is 1. The van der Waals surface area contributed by atoms with Crippen molar-refractivity contribution >= 4 is 21.7 Å². The zero-order valence-corrected chi connectivity index (χ0v) is 20.4. The first-order chi connectivity index (χ1) is 15.7. The Morgan fingerprint density at radius 2 is 1.73 bits per heavy atom. The molecule has 2 aromatic rings. The Kier molecular flexibility index (Phi) is 6.60. The molecule has 7 heteroatoms. The number of fused-ring (bicyclic) bond motifs is 2. The average Bonchev–Trinajstić information content (AvgIpc) is 3.41. The Hall–Kier alpha value is -2.69. The molecule has 2 aliphatic rings. The number of nitriles is 1. The number of Topliss-reactive ketones (excluding diaryl/α,β-unsaturated/α-hetero) is 1. The maximum Gasteiger partial charge on any atom is 0.178 e. The Balaban J connectivity index is 1.70. The van der Waals surface area contributed by atoms with Gasteiger partial charge in [0.05, 0.1) is 23.9 Å². The summed E-state index contributed by atoms with van der Waals surface area (Å²) in [5.74, 6) is 0.227. The first kappa shape index (κ1) is 23.5. The highest BCUT2D eigenvalue weighted by Gasteiger charge is 2.40. The molecule has 1 aromatic heterocycles. The van der Waals surface area contributed by atoms with Gasteiger partial charge in [0.15, 0.2) is 5.78 Å². The van der Waals surface area contributed by atoms with E-state index >= 15 is 0 Å². The van der Waals surface area contributed by atoms with Crippen LogP contribution in [-0.4, -0.2) is 54.3 Å². The Morgan fingerprint density at radius 3 is 2.27 bits per heavy atom. The molecule has 33 heavy (non-hydrogen) atoms. The van der Waals surface area contributed by atoms with E-state index in [1.807, 2.05) is 42.7 Å². The zero-order valence-electron chi connectivity index (χ0n) is 19.5. The van der Waals surface area contributed by atoms with E-state index in [1.165, 1.54) is 31.9 Å². The van der Waals surface area contributed by atoms with E-state index in [1.54, 1.807) is 12.1 Å². The van der Waals surface area contributed by atoms with Gasteiger partial charge in [-0.1, -0.05) is 6.08 Å². The summed E-state index contributed by atoms with van der Waals surface area (Å²) in [6.45, 7) is 4.38. The van der Waals surface area contributed by atoms with Gasteiger partial charge in [0.25, 0.3) is 0 Å². The lowest BCUT2D eigenvalue weighted by Gasteiger charge is -2.20. The van der Waals surface area contributed by atoms with Gasteiger partial charge < -0.3 is 4.57 Å². The van der Waals surface area contributed by atoms with E-state index in [0.29, 0.717) is 30.6 Å². The second-order valence-electron chi connectivity index (χ2n) is 9.34. The summed E-state index contributed by atoms with van der Waals surface area (Å²) in [5, 5.41) is 9.16. The molecule has 0 unspecified atom stereocenters. The number of allylic oxidation sites excluding steroid dienone is 1. The standard InChI is InChI=1S/C26H31N3O3S/c1-18-24(6-4-5-15-33(3,31)32)29(23-9-7-20(16-27)8-10-23)19(2)26(18)25(30)17-28-21-11-12-22(28)14-13-21/h4,6-10,21-22H,5,11-15,17H2,1-3H3/b6-4+. The third-order valence-electron chi connectivity index (χ3n) is 7.09. The molecule has 2 saturated heterocycles. The lowest BCUT2D eigenvalue weighted by molar-refractivity contribution is 0.0917. The van der Waals surface area contributed by atoms with Gasteiger partial charge in [0, 0.05) is 41.0 Å². The molecule has 174 valence electrons. The quantitative estimate of drug-likeness (QED) is 0.545. The van der Waals surface area contributed by atoms with Crippen LogP contribution in [0.4, 0.5) is 0 Å². The highest BCUT2D eigenvalue weighted by Crippen LogP contribution is 2.38. The molecular weight excluding hydrogens is 434 g/mol. The van der Waals surface area contributed by atoms with Gasteiger partial charge in [-0.25, -0.2) is 8.42 Å². The minimum Gasteiger partial charge on any atom is -0.313 e. The molecule has 0 N–H and O–H groups in total. The fourth-order valence-corrected chi connectivity index (χ4v) is 6.05. The average molecular weight is 466 g/mol. The number of aromatic nitrogens is 1. The first-order valence-electron chi connectivity index (χ1n) is 11.5. The molecule has 6 nitrogen and oxygen atoms in total. The van der Waals surface area contributed by atoms with Crippen molar-refractivity contribution in [2.24, 2.45) is 0 Å². The number of nitrogens with zero attached hydrogens (tertiary/aromatic N) is 3. The first-order valence-corrected chi connectivity index (χ1v) is 13.6. The summed E-state index contributed by atoms with van der Waals surface area (Å²) in [6.07, 6.45) is 10.2. The van der Waals surface area contributed by atoms with Crippen LogP contribution < -0.4 is 0 Å². The zero-order chi connectivity index (χ0) is 23.8. The van der Waals surface area contributed by atoms with Gasteiger partial charge in [0.2, 0.25) is 0 Å². The van der Waals surface area contributed by atoms with Crippen molar-refractivity contribution in [3.8, 4) is 11.8 Å². The van der Waals surface area contributed by atoms with E-state index < -0.39 is 9.84 Å². The predicted octanol–water partition coefficient (Wildman–Crippen LogP) is 4.22. The van der Waals surface area contributed by atoms with Crippen LogP contribution in [0.1, 0.15) is 65.0 Å². The summed E-state index contributed by atoms with van der Waals surface area (Å²) in [7, 11) is -3.04. The maximum absolute atomic E-state index is 13.5. The maximum atomic E-state index is 13.5. The van der Waals surface area contributed by atoms with E-state index in [9.17, 15) is 13.2 Å². The van der Waals surface area contributed by atoms with Gasteiger partial charge in [-0.3, -0.25) is 9.69 Å². The van der Waals surface area contributed by atoms with Gasteiger partial charge in [-0.15, -0.1) is 0 Å². The summed E-state index contributed by atoms with van der Waals surface area (Å²) >= 11 is 0. The van der Waals surface area contributed by atoms with Gasteiger partial charge >= 0.3 is 0 Å². The van der Waals surface area contributed by atoms with Crippen LogP contribution in [-0.2, 0) is 9.84 Å². The second-order valence-corrected chi connectivity index (χ2v) is 11.6. The second kappa shape index (κ2) is 9.28. The minimum absolute atomic E-state index is 0.0859. The summed E-state index contributed by atoms with van der Waals surface area (Å²) in [4.78, 5) is 15.9. The number of carbonyl (C=O) groups excluding carboxylic acids is 1. The molecule has 3 heterocycles. The number of carbonyl (C=O) groups is 1. The number of rotatable bonds is 8. The van der Waals surface area contributed by atoms with Crippen molar-refractivity contribution in [2.75, 3.05) is 18.6 Å². The minimum atomic E-state index is -3.04.